The molecule has 28 heavy (non-hydrogen) atoms. The average Bonchev–Trinajstić information content (AvgIpc) is 3.02. The highest BCUT2D eigenvalue weighted by atomic mass is 79.9. The van der Waals surface area contributed by atoms with Crippen LogP contribution in [0.15, 0.2) is 63.7 Å². The second-order valence-electron chi connectivity index (χ2n) is 6.38. The van der Waals surface area contributed by atoms with Crippen molar-refractivity contribution in [3.05, 3.63) is 80.5 Å². The average molecular weight is 507 g/mol. The van der Waals surface area contributed by atoms with E-state index in [1.165, 1.54) is 0 Å². The number of aromatic nitrogens is 2. The highest BCUT2D eigenvalue weighted by molar-refractivity contribution is 9.10. The molecule has 0 saturated heterocycles. The van der Waals surface area contributed by atoms with E-state index in [9.17, 15) is 4.79 Å². The molecule has 1 aromatic heterocycles. The number of hydrogen-bond acceptors (Lipinski definition) is 3. The zero-order valence-corrected chi connectivity index (χ0v) is 18.7. The second kappa shape index (κ2) is 9.89. The van der Waals surface area contributed by atoms with Crippen LogP contribution in [0.25, 0.3) is 0 Å². The van der Waals surface area contributed by atoms with Crippen LogP contribution in [0.3, 0.4) is 0 Å². The van der Waals surface area contributed by atoms with E-state index in [1.807, 2.05) is 66.3 Å². The molecule has 0 bridgehead atoms. The summed E-state index contributed by atoms with van der Waals surface area (Å²) in [6.07, 6.45) is 2.76. The Bertz CT molecular complexity index is 920. The van der Waals surface area contributed by atoms with Crippen molar-refractivity contribution in [2.24, 2.45) is 0 Å². The van der Waals surface area contributed by atoms with Crippen LogP contribution in [0, 0.1) is 6.92 Å². The maximum Gasteiger partial charge on any atom is 0.251 e. The first kappa shape index (κ1) is 20.6. The van der Waals surface area contributed by atoms with E-state index in [0.717, 1.165) is 38.9 Å². The number of halogens is 2. The molecule has 0 aliphatic carbocycles. The Morgan fingerprint density at radius 1 is 1.18 bits per heavy atom. The van der Waals surface area contributed by atoms with Gasteiger partial charge in [0.05, 0.1) is 10.2 Å². The summed E-state index contributed by atoms with van der Waals surface area (Å²) >= 11 is 6.85. The molecule has 0 saturated carbocycles. The van der Waals surface area contributed by atoms with E-state index in [1.54, 1.807) is 0 Å². The minimum absolute atomic E-state index is 0.0803. The van der Waals surface area contributed by atoms with Crippen molar-refractivity contribution in [1.29, 1.82) is 0 Å². The van der Waals surface area contributed by atoms with Gasteiger partial charge in [-0.3, -0.25) is 9.48 Å². The van der Waals surface area contributed by atoms with Gasteiger partial charge in [0.2, 0.25) is 0 Å². The number of amides is 1. The van der Waals surface area contributed by atoms with E-state index in [4.69, 9.17) is 4.74 Å². The van der Waals surface area contributed by atoms with Gasteiger partial charge in [-0.15, -0.1) is 0 Å². The lowest BCUT2D eigenvalue weighted by Crippen LogP contribution is -2.25. The number of nitrogens with one attached hydrogen (secondary N) is 1. The Kier molecular flexibility index (Phi) is 7.28. The van der Waals surface area contributed by atoms with Crippen LogP contribution in [0.5, 0.6) is 5.75 Å². The van der Waals surface area contributed by atoms with Crippen molar-refractivity contribution in [2.45, 2.75) is 26.5 Å². The first-order valence-electron chi connectivity index (χ1n) is 8.96. The van der Waals surface area contributed by atoms with Gasteiger partial charge in [-0.2, -0.15) is 5.10 Å². The van der Waals surface area contributed by atoms with Crippen molar-refractivity contribution < 1.29 is 9.53 Å². The van der Waals surface area contributed by atoms with Crippen LogP contribution < -0.4 is 10.1 Å². The minimum atomic E-state index is -0.0803. The molecule has 1 N–H and O–H groups in total. The van der Waals surface area contributed by atoms with Gasteiger partial charge in [0.1, 0.15) is 12.4 Å². The molecule has 0 radical (unpaired) electrons. The summed E-state index contributed by atoms with van der Waals surface area (Å²) in [6.45, 7) is 3.72. The van der Waals surface area contributed by atoms with Gasteiger partial charge in [0, 0.05) is 29.3 Å². The number of ether oxygens (including phenoxy) is 1. The summed E-state index contributed by atoms with van der Waals surface area (Å²) in [6, 6.07) is 15.2. The van der Waals surface area contributed by atoms with Crippen molar-refractivity contribution in [3.63, 3.8) is 0 Å². The van der Waals surface area contributed by atoms with Gasteiger partial charge in [0.15, 0.2) is 0 Å². The molecule has 3 aromatic rings. The number of nitrogens with zero attached hydrogens (tertiary/aromatic N) is 2. The fourth-order valence-corrected chi connectivity index (χ4v) is 3.23. The van der Waals surface area contributed by atoms with Crippen molar-refractivity contribution >= 4 is 37.8 Å². The SMILES string of the molecule is Cc1nn(CCCNC(=O)c2cccc(COc3ccc(Br)cc3)c2)cc1Br. The van der Waals surface area contributed by atoms with Crippen LogP contribution in [0.1, 0.15) is 28.0 Å². The molecule has 0 aliphatic rings. The third-order valence-electron chi connectivity index (χ3n) is 4.14. The van der Waals surface area contributed by atoms with Crippen LogP contribution in [0.2, 0.25) is 0 Å². The number of carbonyl (C=O) groups excluding carboxylic acids is 1. The third-order valence-corrected chi connectivity index (χ3v) is 5.45. The minimum Gasteiger partial charge on any atom is -0.489 e. The summed E-state index contributed by atoms with van der Waals surface area (Å²) in [4.78, 5) is 12.4. The second-order valence-corrected chi connectivity index (χ2v) is 8.15. The molecule has 0 unspecified atom stereocenters. The number of carbonyl (C=O) groups is 1. The van der Waals surface area contributed by atoms with Crippen LogP contribution >= 0.6 is 31.9 Å². The maximum atomic E-state index is 12.4. The highest BCUT2D eigenvalue weighted by Gasteiger charge is 2.07. The fourth-order valence-electron chi connectivity index (χ4n) is 2.65. The largest absolute Gasteiger partial charge is 0.489 e. The summed E-state index contributed by atoms with van der Waals surface area (Å²) in [5.41, 5.74) is 2.55. The number of aryl methyl sites for hydroxylation is 2. The molecule has 7 heteroatoms. The molecular weight excluding hydrogens is 486 g/mol. The topological polar surface area (TPSA) is 56.2 Å². The molecule has 1 heterocycles. The first-order chi connectivity index (χ1) is 13.5. The molecule has 0 fully saturated rings. The van der Waals surface area contributed by atoms with Crippen LogP contribution in [0.4, 0.5) is 0 Å². The van der Waals surface area contributed by atoms with E-state index in [-0.39, 0.29) is 5.91 Å². The Morgan fingerprint density at radius 3 is 2.68 bits per heavy atom. The monoisotopic (exact) mass is 505 g/mol. The molecule has 2 aromatic carbocycles. The predicted molar refractivity (Wildman–Crippen MR) is 117 cm³/mol. The van der Waals surface area contributed by atoms with E-state index >= 15 is 0 Å². The zero-order chi connectivity index (χ0) is 19.9. The normalized spacial score (nSPS) is 10.7. The quantitative estimate of drug-likeness (QED) is 0.431. The molecule has 0 spiro atoms. The van der Waals surface area contributed by atoms with E-state index in [0.29, 0.717) is 18.7 Å². The summed E-state index contributed by atoms with van der Waals surface area (Å²) in [7, 11) is 0. The number of rotatable bonds is 8. The molecule has 0 atom stereocenters. The van der Waals surface area contributed by atoms with Gasteiger partial charge in [-0.05, 0) is 71.2 Å². The molecular formula is C21H21Br2N3O2. The summed E-state index contributed by atoms with van der Waals surface area (Å²) in [5, 5.41) is 7.35. The lowest BCUT2D eigenvalue weighted by molar-refractivity contribution is 0.0952. The van der Waals surface area contributed by atoms with E-state index < -0.39 is 0 Å². The smallest absolute Gasteiger partial charge is 0.251 e. The number of hydrogen-bond donors (Lipinski definition) is 1. The third kappa shape index (κ3) is 5.94. The molecule has 0 aliphatic heterocycles. The molecule has 146 valence electrons. The van der Waals surface area contributed by atoms with Crippen molar-refractivity contribution in [2.75, 3.05) is 6.54 Å². The van der Waals surface area contributed by atoms with Crippen LogP contribution in [-0.4, -0.2) is 22.2 Å². The van der Waals surface area contributed by atoms with Crippen LogP contribution in [-0.2, 0) is 13.2 Å². The Hall–Kier alpha value is -2.12. The molecule has 3 rings (SSSR count). The van der Waals surface area contributed by atoms with Crippen molar-refractivity contribution in [1.82, 2.24) is 15.1 Å². The van der Waals surface area contributed by atoms with E-state index in [2.05, 4.69) is 42.3 Å². The van der Waals surface area contributed by atoms with Gasteiger partial charge in [0.25, 0.3) is 5.91 Å². The van der Waals surface area contributed by atoms with Gasteiger partial charge in [-0.1, -0.05) is 28.1 Å². The molecule has 5 nitrogen and oxygen atoms in total. The standard InChI is InChI=1S/C21H21Br2N3O2/c1-15-20(23)13-26(25-15)11-3-10-24-21(27)17-5-2-4-16(12-17)14-28-19-8-6-18(22)7-9-19/h2,4-9,12-13H,3,10-11,14H2,1H3,(H,24,27). The first-order valence-corrected chi connectivity index (χ1v) is 10.5. The summed E-state index contributed by atoms with van der Waals surface area (Å²) < 4.78 is 9.66. The van der Waals surface area contributed by atoms with Gasteiger partial charge >= 0.3 is 0 Å². The van der Waals surface area contributed by atoms with Crippen molar-refractivity contribution in [3.8, 4) is 5.75 Å². The zero-order valence-electron chi connectivity index (χ0n) is 15.5. The Balaban J connectivity index is 1.47. The van der Waals surface area contributed by atoms with Gasteiger partial charge < -0.3 is 10.1 Å². The number of benzene rings is 2. The Morgan fingerprint density at radius 2 is 1.96 bits per heavy atom. The predicted octanol–water partition coefficient (Wildman–Crippen LogP) is 5.12. The summed E-state index contributed by atoms with van der Waals surface area (Å²) in [5.74, 6) is 0.710. The van der Waals surface area contributed by atoms with Gasteiger partial charge in [-0.25, -0.2) is 0 Å². The molecule has 1 amide bonds. The lowest BCUT2D eigenvalue weighted by Gasteiger charge is -2.09. The fraction of sp³-hybridized carbons (Fsp3) is 0.238. The lowest BCUT2D eigenvalue weighted by atomic mass is 10.1. The Labute approximate surface area is 181 Å². The highest BCUT2D eigenvalue weighted by Crippen LogP contribution is 2.18. The maximum absolute atomic E-state index is 12.4.